The third-order valence-electron chi connectivity index (χ3n) is 12.8. The van der Waals surface area contributed by atoms with Gasteiger partial charge in [-0.3, -0.25) is 0 Å². The molecule has 0 aromatic heterocycles. The van der Waals surface area contributed by atoms with Crippen LogP contribution >= 0.6 is 0 Å². The number of nitrogens with zero attached hydrogens (tertiary/aromatic N) is 1. The van der Waals surface area contributed by atoms with Gasteiger partial charge in [-0.2, -0.15) is 0 Å². The first-order valence-corrected chi connectivity index (χ1v) is 23.1. The van der Waals surface area contributed by atoms with Crippen LogP contribution in [0.15, 0.2) is 285 Å². The fourth-order valence-electron chi connectivity index (χ4n) is 9.35. The first-order valence-electron chi connectivity index (χ1n) is 27.1. The molecule has 0 saturated carbocycles. The Morgan fingerprint density at radius 3 is 1.35 bits per heavy atom. The lowest BCUT2D eigenvalue weighted by atomic mass is 9.89. The highest BCUT2D eigenvalue weighted by atomic mass is 15.1. The standard InChI is InChI=1S/C68H47N/c1-4-16-51(17-5-1)64-43-36-60(47-67(64)53-20-8-3-9-21-53)50-31-39-62(40-32-50)69(61-37-29-49(30-38-61)57-24-14-25-58(45-57)59-28-27-48-15-10-11-23-56(48)46-59)63-41-33-55(34-42-63)68-65-26-13-12-22-54(65)35-44-66(68)52-18-6-2-7-19-52/h1-47H/i31D,32D,33D,34D,39D,40D,41D,42D. The maximum Gasteiger partial charge on any atom is 0.0645 e. The molecule has 0 aliphatic carbocycles. The van der Waals surface area contributed by atoms with Gasteiger partial charge in [0.1, 0.15) is 0 Å². The van der Waals surface area contributed by atoms with Crippen molar-refractivity contribution in [2.45, 2.75) is 0 Å². The van der Waals surface area contributed by atoms with Gasteiger partial charge in [0.05, 0.1) is 11.0 Å². The Morgan fingerprint density at radius 1 is 0.232 bits per heavy atom. The van der Waals surface area contributed by atoms with Crippen LogP contribution in [-0.4, -0.2) is 0 Å². The Bertz CT molecular complexity index is 4180. The summed E-state index contributed by atoms with van der Waals surface area (Å²) in [5, 5.41) is 3.90. The van der Waals surface area contributed by atoms with Crippen LogP contribution in [0.2, 0.25) is 0 Å². The second-order valence-electron chi connectivity index (χ2n) is 17.0. The predicted octanol–water partition coefficient (Wildman–Crippen LogP) is 19.1. The summed E-state index contributed by atoms with van der Waals surface area (Å²) in [6.45, 7) is 0. The van der Waals surface area contributed by atoms with Crippen molar-refractivity contribution in [1.29, 1.82) is 0 Å². The predicted molar refractivity (Wildman–Crippen MR) is 294 cm³/mol. The van der Waals surface area contributed by atoms with Gasteiger partial charge >= 0.3 is 0 Å². The molecule has 12 rings (SSSR count). The summed E-state index contributed by atoms with van der Waals surface area (Å²) in [7, 11) is 0. The van der Waals surface area contributed by atoms with Gasteiger partial charge in [0, 0.05) is 17.1 Å². The maximum absolute atomic E-state index is 9.94. The molecule has 0 radical (unpaired) electrons. The van der Waals surface area contributed by atoms with E-state index in [0.717, 1.165) is 77.2 Å². The van der Waals surface area contributed by atoms with Crippen molar-refractivity contribution in [3.8, 4) is 77.9 Å². The van der Waals surface area contributed by atoms with Gasteiger partial charge in [-0.25, -0.2) is 0 Å². The third kappa shape index (κ3) is 8.28. The molecule has 12 aromatic rings. The number of anilines is 3. The zero-order chi connectivity index (χ0) is 52.9. The Labute approximate surface area is 415 Å². The molecule has 0 spiro atoms. The van der Waals surface area contributed by atoms with Crippen molar-refractivity contribution in [1.82, 2.24) is 0 Å². The van der Waals surface area contributed by atoms with Gasteiger partial charge in [0.15, 0.2) is 0 Å². The summed E-state index contributed by atoms with van der Waals surface area (Å²) in [6.07, 6.45) is 0. The lowest BCUT2D eigenvalue weighted by Crippen LogP contribution is -2.09. The van der Waals surface area contributed by atoms with Crippen LogP contribution in [0.5, 0.6) is 0 Å². The molecule has 69 heavy (non-hydrogen) atoms. The number of rotatable bonds is 10. The van der Waals surface area contributed by atoms with Crippen molar-refractivity contribution in [2.24, 2.45) is 0 Å². The second-order valence-corrected chi connectivity index (χ2v) is 17.0. The first-order chi connectivity index (χ1) is 37.5. The van der Waals surface area contributed by atoms with Crippen LogP contribution in [0, 0.1) is 0 Å². The number of fused-ring (bicyclic) bond motifs is 2. The lowest BCUT2D eigenvalue weighted by molar-refractivity contribution is 1.28. The summed E-state index contributed by atoms with van der Waals surface area (Å²) >= 11 is 0. The van der Waals surface area contributed by atoms with Crippen molar-refractivity contribution in [3.63, 3.8) is 0 Å². The van der Waals surface area contributed by atoms with Gasteiger partial charge in [-0.1, -0.05) is 230 Å². The molecule has 0 fully saturated rings. The average molecular weight is 886 g/mol. The van der Waals surface area contributed by atoms with E-state index in [2.05, 4.69) is 42.5 Å². The van der Waals surface area contributed by atoms with Crippen LogP contribution in [0.25, 0.3) is 99.4 Å². The summed E-state index contributed by atoms with van der Waals surface area (Å²) in [6, 6.07) is 74.0. The molecule has 0 unspecified atom stereocenters. The fourth-order valence-corrected chi connectivity index (χ4v) is 9.35. The summed E-state index contributed by atoms with van der Waals surface area (Å²) in [5.41, 5.74) is 10.2. The van der Waals surface area contributed by atoms with E-state index in [1.54, 1.807) is 12.1 Å². The lowest BCUT2D eigenvalue weighted by Gasteiger charge is -2.26. The molecule has 0 heterocycles. The molecule has 1 heteroatoms. The minimum Gasteiger partial charge on any atom is -0.311 e. The molecular weight excluding hydrogens is 831 g/mol. The van der Waals surface area contributed by atoms with Crippen LogP contribution in [0.4, 0.5) is 17.1 Å². The largest absolute Gasteiger partial charge is 0.311 e. The number of hydrogen-bond acceptors (Lipinski definition) is 1. The van der Waals surface area contributed by atoms with Gasteiger partial charge in [-0.05, 0) is 154 Å². The van der Waals surface area contributed by atoms with Crippen LogP contribution in [-0.2, 0) is 0 Å². The van der Waals surface area contributed by atoms with Crippen molar-refractivity contribution in [3.05, 3.63) is 285 Å². The van der Waals surface area contributed by atoms with E-state index < -0.39 is 24.2 Å². The Morgan fingerprint density at radius 2 is 0.681 bits per heavy atom. The Hall–Kier alpha value is -9.04. The Balaban J connectivity index is 1.05. The minimum absolute atomic E-state index is 0.0847. The number of hydrogen-bond donors (Lipinski definition) is 0. The minimum atomic E-state index is -0.414. The maximum atomic E-state index is 9.94. The van der Waals surface area contributed by atoms with Gasteiger partial charge in [0.25, 0.3) is 0 Å². The molecule has 324 valence electrons. The highest BCUT2D eigenvalue weighted by molar-refractivity contribution is 6.04. The quantitative estimate of drug-likeness (QED) is 0.132. The second kappa shape index (κ2) is 18.3. The molecule has 0 N–H and O–H groups in total. The SMILES string of the molecule is [2H]c1c([2H])c(N(c2ccc(-c3cccc(-c4ccc5ccccc5c4)c3)cc2)c2c([2H])c([2H])c(-c3c(-c4ccccc4)ccc4ccccc34)c([2H])c2[2H])c([2H])c([2H])c1-c1ccc(-c2ccccc2)c(-c2ccccc2)c1. The molecule has 0 amide bonds. The van der Waals surface area contributed by atoms with E-state index in [4.69, 9.17) is 0 Å². The average Bonchev–Trinajstić information content (AvgIpc) is 3.53. The fraction of sp³-hybridized carbons (Fsp3) is 0. The molecule has 0 aliphatic heterocycles. The summed E-state index contributed by atoms with van der Waals surface area (Å²) < 4.78 is 78.8. The van der Waals surface area contributed by atoms with Crippen LogP contribution < -0.4 is 4.90 Å². The molecule has 0 atom stereocenters. The van der Waals surface area contributed by atoms with E-state index in [0.29, 0.717) is 16.8 Å². The van der Waals surface area contributed by atoms with Crippen molar-refractivity contribution in [2.75, 3.05) is 4.90 Å². The normalized spacial score (nSPS) is 12.8. The van der Waals surface area contributed by atoms with Crippen molar-refractivity contribution >= 4 is 38.6 Å². The molecule has 1 nitrogen and oxygen atoms in total. The van der Waals surface area contributed by atoms with E-state index in [9.17, 15) is 11.0 Å². The molecule has 0 aliphatic rings. The van der Waals surface area contributed by atoms with Gasteiger partial charge in [0.2, 0.25) is 0 Å². The van der Waals surface area contributed by atoms with E-state index in [-0.39, 0.29) is 46.7 Å². The molecule has 0 saturated heterocycles. The molecule has 0 bridgehead atoms. The summed E-state index contributed by atoms with van der Waals surface area (Å²) in [4.78, 5) is 1.37. The molecule has 12 aromatic carbocycles. The van der Waals surface area contributed by atoms with E-state index in [1.165, 1.54) is 4.90 Å². The Kier molecular flexibility index (Phi) is 8.88. The zero-order valence-electron chi connectivity index (χ0n) is 45.5. The van der Waals surface area contributed by atoms with Crippen molar-refractivity contribution < 1.29 is 11.0 Å². The zero-order valence-corrected chi connectivity index (χ0v) is 37.5. The monoisotopic (exact) mass is 885 g/mol. The van der Waals surface area contributed by atoms with E-state index >= 15 is 0 Å². The third-order valence-corrected chi connectivity index (χ3v) is 12.8. The van der Waals surface area contributed by atoms with Crippen LogP contribution in [0.1, 0.15) is 11.0 Å². The molecular formula is C68H47N. The topological polar surface area (TPSA) is 3.24 Å². The van der Waals surface area contributed by atoms with Crippen LogP contribution in [0.3, 0.4) is 0 Å². The van der Waals surface area contributed by atoms with Gasteiger partial charge < -0.3 is 4.90 Å². The highest BCUT2D eigenvalue weighted by Crippen LogP contribution is 2.43. The smallest absolute Gasteiger partial charge is 0.0645 e. The van der Waals surface area contributed by atoms with E-state index in [1.807, 2.05) is 182 Å². The van der Waals surface area contributed by atoms with Gasteiger partial charge in [-0.15, -0.1) is 0 Å². The first kappa shape index (κ1) is 33.4. The summed E-state index contributed by atoms with van der Waals surface area (Å²) in [5.74, 6) is 0. The number of benzene rings is 12. The highest BCUT2D eigenvalue weighted by Gasteiger charge is 2.17.